The summed E-state index contributed by atoms with van der Waals surface area (Å²) in [7, 11) is 4.39. The first kappa shape index (κ1) is 13.6. The van der Waals surface area contributed by atoms with Crippen LogP contribution in [0.2, 0.25) is 0 Å². The minimum absolute atomic E-state index is 0.680. The summed E-state index contributed by atoms with van der Waals surface area (Å²) in [5.41, 5.74) is 1.45. The molecule has 1 N–H and O–H groups in total. The molecule has 0 amide bonds. The van der Waals surface area contributed by atoms with Crippen molar-refractivity contribution in [2.75, 3.05) is 20.6 Å². The first-order valence-corrected chi connectivity index (χ1v) is 7.22. The first-order valence-electron chi connectivity index (χ1n) is 7.22. The lowest BCUT2D eigenvalue weighted by Crippen LogP contribution is -2.49. The van der Waals surface area contributed by atoms with Crippen LogP contribution in [0, 0.1) is 0 Å². The molecule has 18 heavy (non-hydrogen) atoms. The van der Waals surface area contributed by atoms with Gasteiger partial charge in [-0.2, -0.15) is 0 Å². The fraction of sp³-hybridized carbons (Fsp3) is 0.625. The number of hydrogen-bond donors (Lipinski definition) is 1. The Hall–Kier alpha value is -0.860. The van der Waals surface area contributed by atoms with E-state index in [1.807, 2.05) is 0 Å². The van der Waals surface area contributed by atoms with E-state index in [9.17, 15) is 0 Å². The van der Waals surface area contributed by atoms with E-state index in [4.69, 9.17) is 0 Å². The van der Waals surface area contributed by atoms with E-state index in [2.05, 4.69) is 54.6 Å². The Labute approximate surface area is 111 Å². The van der Waals surface area contributed by atoms with Gasteiger partial charge in [0.15, 0.2) is 0 Å². The number of likely N-dealkylation sites (N-methyl/N-ethyl adjacent to an activating group) is 2. The fourth-order valence-corrected chi connectivity index (χ4v) is 3.09. The topological polar surface area (TPSA) is 15.3 Å². The van der Waals surface area contributed by atoms with Gasteiger partial charge in [0.2, 0.25) is 0 Å². The highest BCUT2D eigenvalue weighted by atomic mass is 15.2. The van der Waals surface area contributed by atoms with Gasteiger partial charge in [-0.3, -0.25) is 0 Å². The summed E-state index contributed by atoms with van der Waals surface area (Å²) in [6.45, 7) is 1.16. The monoisotopic (exact) mass is 246 g/mol. The molecule has 2 unspecified atom stereocenters. The highest BCUT2D eigenvalue weighted by molar-refractivity contribution is 5.14. The van der Waals surface area contributed by atoms with Gasteiger partial charge in [-0.25, -0.2) is 0 Å². The van der Waals surface area contributed by atoms with Crippen LogP contribution in [0.1, 0.15) is 31.2 Å². The molecule has 0 saturated heterocycles. The molecule has 100 valence electrons. The second-order valence-electron chi connectivity index (χ2n) is 5.46. The van der Waals surface area contributed by atoms with Crippen LogP contribution in [0.4, 0.5) is 0 Å². The molecule has 2 nitrogen and oxygen atoms in total. The summed E-state index contributed by atoms with van der Waals surface area (Å²) in [5, 5.41) is 3.49. The van der Waals surface area contributed by atoms with Crippen molar-refractivity contribution in [2.24, 2.45) is 0 Å². The molecule has 0 aliphatic heterocycles. The minimum atomic E-state index is 0.680. The maximum atomic E-state index is 3.49. The van der Waals surface area contributed by atoms with Gasteiger partial charge in [-0.05, 0) is 38.9 Å². The fourth-order valence-electron chi connectivity index (χ4n) is 3.09. The predicted molar refractivity (Wildman–Crippen MR) is 77.9 cm³/mol. The van der Waals surface area contributed by atoms with Crippen LogP contribution in [0.15, 0.2) is 30.3 Å². The second kappa shape index (κ2) is 6.91. The molecule has 0 spiro atoms. The van der Waals surface area contributed by atoms with Crippen molar-refractivity contribution in [3.63, 3.8) is 0 Å². The number of hydrogen-bond acceptors (Lipinski definition) is 2. The molecule has 1 aromatic carbocycles. The number of benzene rings is 1. The molecule has 0 heterocycles. The van der Waals surface area contributed by atoms with Gasteiger partial charge in [0.05, 0.1) is 0 Å². The average molecular weight is 246 g/mol. The molecule has 1 aromatic rings. The van der Waals surface area contributed by atoms with Gasteiger partial charge < -0.3 is 10.2 Å². The van der Waals surface area contributed by atoms with Crippen molar-refractivity contribution in [1.29, 1.82) is 0 Å². The quantitative estimate of drug-likeness (QED) is 0.859. The van der Waals surface area contributed by atoms with Crippen LogP contribution in [0.3, 0.4) is 0 Å². The lowest BCUT2D eigenvalue weighted by Gasteiger charge is -2.38. The average Bonchev–Trinajstić information content (AvgIpc) is 2.45. The van der Waals surface area contributed by atoms with E-state index in [-0.39, 0.29) is 0 Å². The van der Waals surface area contributed by atoms with Crippen LogP contribution in [-0.2, 0) is 6.42 Å². The van der Waals surface area contributed by atoms with Crippen LogP contribution < -0.4 is 5.32 Å². The molecule has 1 saturated carbocycles. The number of nitrogens with zero attached hydrogens (tertiary/aromatic N) is 1. The summed E-state index contributed by atoms with van der Waals surface area (Å²) in [6.07, 6.45) is 6.60. The molecule has 0 bridgehead atoms. The molecule has 2 rings (SSSR count). The maximum absolute atomic E-state index is 3.49. The summed E-state index contributed by atoms with van der Waals surface area (Å²) in [4.78, 5) is 2.55. The summed E-state index contributed by atoms with van der Waals surface area (Å²) in [6, 6.07) is 12.2. The molecule has 1 fully saturated rings. The van der Waals surface area contributed by atoms with Crippen molar-refractivity contribution in [2.45, 2.75) is 44.2 Å². The third kappa shape index (κ3) is 3.56. The molecule has 1 aliphatic carbocycles. The normalized spacial score (nSPS) is 24.4. The minimum Gasteiger partial charge on any atom is -0.315 e. The predicted octanol–water partition coefficient (Wildman–Crippen LogP) is 2.69. The summed E-state index contributed by atoms with van der Waals surface area (Å²) < 4.78 is 0. The second-order valence-corrected chi connectivity index (χ2v) is 5.46. The van der Waals surface area contributed by atoms with Crippen LogP contribution in [0.5, 0.6) is 0 Å². The zero-order chi connectivity index (χ0) is 12.8. The SMILES string of the molecule is CNC1CCCCC1N(C)CCc1ccccc1. The van der Waals surface area contributed by atoms with E-state index < -0.39 is 0 Å². The van der Waals surface area contributed by atoms with Gasteiger partial charge >= 0.3 is 0 Å². The van der Waals surface area contributed by atoms with E-state index in [1.54, 1.807) is 0 Å². The zero-order valence-corrected chi connectivity index (χ0v) is 11.7. The molecule has 0 radical (unpaired) electrons. The van der Waals surface area contributed by atoms with Gasteiger partial charge in [0, 0.05) is 18.6 Å². The van der Waals surface area contributed by atoms with Gasteiger partial charge in [0.1, 0.15) is 0 Å². The van der Waals surface area contributed by atoms with Crippen molar-refractivity contribution >= 4 is 0 Å². The largest absolute Gasteiger partial charge is 0.315 e. The Morgan fingerprint density at radius 3 is 2.61 bits per heavy atom. The van der Waals surface area contributed by atoms with Gasteiger partial charge in [-0.1, -0.05) is 43.2 Å². The first-order chi connectivity index (χ1) is 8.81. The van der Waals surface area contributed by atoms with E-state index in [1.165, 1.54) is 31.2 Å². The lowest BCUT2D eigenvalue weighted by atomic mass is 9.89. The zero-order valence-electron chi connectivity index (χ0n) is 11.7. The standard InChI is InChI=1S/C16H26N2/c1-17-15-10-6-7-11-16(15)18(2)13-12-14-8-4-3-5-9-14/h3-5,8-9,15-17H,6-7,10-13H2,1-2H3. The number of rotatable bonds is 5. The summed E-state index contributed by atoms with van der Waals surface area (Å²) in [5.74, 6) is 0. The Bertz CT molecular complexity index is 336. The Morgan fingerprint density at radius 2 is 1.89 bits per heavy atom. The van der Waals surface area contributed by atoms with Crippen molar-refractivity contribution in [1.82, 2.24) is 10.2 Å². The lowest BCUT2D eigenvalue weighted by molar-refractivity contribution is 0.155. The van der Waals surface area contributed by atoms with Crippen LogP contribution in [0.25, 0.3) is 0 Å². The molecule has 0 aromatic heterocycles. The molecule has 1 aliphatic rings. The van der Waals surface area contributed by atoms with Gasteiger partial charge in [-0.15, -0.1) is 0 Å². The van der Waals surface area contributed by atoms with E-state index in [0.717, 1.165) is 13.0 Å². The van der Waals surface area contributed by atoms with E-state index >= 15 is 0 Å². The third-order valence-corrected chi connectivity index (χ3v) is 4.26. The van der Waals surface area contributed by atoms with Crippen molar-refractivity contribution < 1.29 is 0 Å². The highest BCUT2D eigenvalue weighted by Crippen LogP contribution is 2.22. The van der Waals surface area contributed by atoms with E-state index in [0.29, 0.717) is 12.1 Å². The Morgan fingerprint density at radius 1 is 1.17 bits per heavy atom. The van der Waals surface area contributed by atoms with Gasteiger partial charge in [0.25, 0.3) is 0 Å². The van der Waals surface area contributed by atoms with Crippen molar-refractivity contribution in [3.8, 4) is 0 Å². The van der Waals surface area contributed by atoms with Crippen LogP contribution in [-0.4, -0.2) is 37.6 Å². The Kier molecular flexibility index (Phi) is 5.21. The molecular formula is C16H26N2. The summed E-state index contributed by atoms with van der Waals surface area (Å²) >= 11 is 0. The van der Waals surface area contributed by atoms with Crippen LogP contribution >= 0.6 is 0 Å². The molecule has 2 heteroatoms. The Balaban J connectivity index is 1.85. The highest BCUT2D eigenvalue weighted by Gasteiger charge is 2.26. The molecule has 2 atom stereocenters. The smallest absolute Gasteiger partial charge is 0.0246 e. The maximum Gasteiger partial charge on any atom is 0.0246 e. The molecular weight excluding hydrogens is 220 g/mol. The van der Waals surface area contributed by atoms with Crippen molar-refractivity contribution in [3.05, 3.63) is 35.9 Å². The number of nitrogens with one attached hydrogen (secondary N) is 1. The third-order valence-electron chi connectivity index (χ3n) is 4.26.